The van der Waals surface area contributed by atoms with Crippen LogP contribution in [0.1, 0.15) is 62.4 Å². The standard InChI is InChI=1S/C40H46N4O3/c1-4-23-21-43-17-15-40-30-11-7-9-13-32(30)44-37(40)29(27(23)19-34(40)43)22-47-38(44)35(39(45)46-3)28-18-33-36-26(14-16-42(33)20-24(28)5-2)25-10-6-8-12-31(25)41-36/h5-14,16,23,27-29,33-35,37-38,41H,4,15,17-22H2,1-3H3/p+1. The summed E-state index contributed by atoms with van der Waals surface area (Å²) in [5, 5.41) is 1.27. The van der Waals surface area contributed by atoms with Crippen LogP contribution in [-0.4, -0.2) is 67.5 Å². The lowest BCUT2D eigenvalue weighted by Gasteiger charge is -2.61. The van der Waals surface area contributed by atoms with Gasteiger partial charge in [-0.2, -0.15) is 0 Å². The van der Waals surface area contributed by atoms with Crippen LogP contribution in [0.5, 0.6) is 0 Å². The molecule has 7 heterocycles. The van der Waals surface area contributed by atoms with Crippen LogP contribution < -0.4 is 9.80 Å². The molecule has 1 aromatic heterocycles. The number of aromatic nitrogens is 1. The van der Waals surface area contributed by atoms with Gasteiger partial charge in [0.05, 0.1) is 25.6 Å². The largest absolute Gasteiger partial charge is 0.469 e. The number of allylic oxidation sites excluding steroid dienone is 1. The van der Waals surface area contributed by atoms with Gasteiger partial charge in [-0.1, -0.05) is 55.8 Å². The van der Waals surface area contributed by atoms with Gasteiger partial charge in [0.15, 0.2) is 0 Å². The Balaban J connectivity index is 1.09. The first kappa shape index (κ1) is 28.6. The molecule has 0 amide bonds. The molecule has 5 fully saturated rings. The molecule has 7 nitrogen and oxygen atoms in total. The number of hydrogen-bond donors (Lipinski definition) is 2. The van der Waals surface area contributed by atoms with Crippen molar-refractivity contribution in [2.75, 3.05) is 38.3 Å². The first-order valence-corrected chi connectivity index (χ1v) is 18.2. The Morgan fingerprint density at radius 1 is 1.17 bits per heavy atom. The van der Waals surface area contributed by atoms with E-state index in [-0.39, 0.29) is 29.6 Å². The summed E-state index contributed by atoms with van der Waals surface area (Å²) in [6.07, 6.45) is 11.1. The van der Waals surface area contributed by atoms with Gasteiger partial charge in [0.1, 0.15) is 24.7 Å². The van der Waals surface area contributed by atoms with Gasteiger partial charge in [-0.25, -0.2) is 0 Å². The summed E-state index contributed by atoms with van der Waals surface area (Å²) < 4.78 is 12.9. The number of esters is 1. The minimum Gasteiger partial charge on any atom is -0.469 e. The maximum Gasteiger partial charge on any atom is 0.313 e. The number of para-hydroxylation sites is 2. The number of methoxy groups -OCH3 is 1. The van der Waals surface area contributed by atoms with Crippen LogP contribution in [0.3, 0.4) is 0 Å². The first-order valence-electron chi connectivity index (χ1n) is 18.2. The number of aromatic amines is 1. The number of nitrogens with one attached hydrogen (secondary N) is 2. The van der Waals surface area contributed by atoms with E-state index in [0.29, 0.717) is 29.8 Å². The molecule has 10 rings (SSSR count). The van der Waals surface area contributed by atoms with Gasteiger partial charge in [-0.05, 0) is 61.4 Å². The fraction of sp³-hybridized carbons (Fsp3) is 0.525. The van der Waals surface area contributed by atoms with E-state index < -0.39 is 5.92 Å². The number of nitrogens with zero attached hydrogens (tertiary/aromatic N) is 2. The van der Waals surface area contributed by atoms with Gasteiger partial charge in [0, 0.05) is 70.5 Å². The van der Waals surface area contributed by atoms with E-state index in [0.717, 1.165) is 19.6 Å². The van der Waals surface area contributed by atoms with Crippen molar-refractivity contribution in [2.45, 2.75) is 69.3 Å². The van der Waals surface area contributed by atoms with Crippen molar-refractivity contribution in [2.24, 2.45) is 29.6 Å². The highest BCUT2D eigenvalue weighted by Gasteiger charge is 2.70. The lowest BCUT2D eigenvalue weighted by atomic mass is 9.54. The van der Waals surface area contributed by atoms with Gasteiger partial charge >= 0.3 is 5.97 Å². The number of carbonyl (C=O) groups is 1. The third-order valence-electron chi connectivity index (χ3n) is 14.1. The van der Waals surface area contributed by atoms with Crippen LogP contribution in [-0.2, 0) is 19.7 Å². The number of piperidine rings is 2. The van der Waals surface area contributed by atoms with Crippen molar-refractivity contribution in [3.8, 4) is 0 Å². The van der Waals surface area contributed by atoms with Gasteiger partial charge in [-0.15, -0.1) is 0 Å². The molecule has 1 aliphatic carbocycles. The van der Waals surface area contributed by atoms with Crippen LogP contribution in [0.2, 0.25) is 0 Å². The number of quaternary nitrogens is 1. The molecule has 1 spiro atoms. The lowest BCUT2D eigenvalue weighted by Crippen LogP contribution is -3.09. The van der Waals surface area contributed by atoms with Crippen LogP contribution in [0, 0.1) is 29.6 Å². The Morgan fingerprint density at radius 3 is 2.87 bits per heavy atom. The fourth-order valence-corrected chi connectivity index (χ4v) is 12.3. The molecule has 1 saturated carbocycles. The van der Waals surface area contributed by atoms with E-state index in [1.54, 1.807) is 7.11 Å². The third kappa shape index (κ3) is 3.66. The fourth-order valence-electron chi connectivity index (χ4n) is 12.3. The van der Waals surface area contributed by atoms with Crippen molar-refractivity contribution in [3.63, 3.8) is 0 Å². The number of benzene rings is 2. The van der Waals surface area contributed by atoms with E-state index in [4.69, 9.17) is 9.47 Å². The number of hydrogen-bond acceptors (Lipinski definition) is 5. The Hall–Kier alpha value is -3.39. The predicted octanol–water partition coefficient (Wildman–Crippen LogP) is 5.07. The quantitative estimate of drug-likeness (QED) is 0.311. The second kappa shape index (κ2) is 10.3. The zero-order valence-corrected chi connectivity index (χ0v) is 27.8. The van der Waals surface area contributed by atoms with Crippen LogP contribution in [0.4, 0.5) is 5.69 Å². The molecule has 3 aromatic rings. The topological polar surface area (TPSA) is 62.2 Å². The van der Waals surface area contributed by atoms with Crippen LogP contribution >= 0.6 is 0 Å². The maximum atomic E-state index is 14.3. The minimum absolute atomic E-state index is 0.0174. The minimum atomic E-state index is -0.420. The molecule has 4 saturated heterocycles. The van der Waals surface area contributed by atoms with Crippen molar-refractivity contribution in [1.29, 1.82) is 0 Å². The van der Waals surface area contributed by atoms with Crippen molar-refractivity contribution < 1.29 is 19.2 Å². The van der Waals surface area contributed by atoms with Crippen molar-refractivity contribution in [3.05, 3.63) is 83.2 Å². The monoisotopic (exact) mass is 631 g/mol. The smallest absolute Gasteiger partial charge is 0.313 e. The Morgan fingerprint density at radius 2 is 2.02 bits per heavy atom. The number of anilines is 1. The summed E-state index contributed by atoms with van der Waals surface area (Å²) in [5.41, 5.74) is 8.00. The Bertz CT molecular complexity index is 1830. The molecule has 47 heavy (non-hydrogen) atoms. The van der Waals surface area contributed by atoms with Gasteiger partial charge < -0.3 is 19.4 Å². The number of ether oxygens (including phenoxy) is 2. The molecule has 2 aromatic carbocycles. The predicted molar refractivity (Wildman–Crippen MR) is 183 cm³/mol. The van der Waals surface area contributed by atoms with Crippen LogP contribution in [0.25, 0.3) is 17.0 Å². The maximum absolute atomic E-state index is 14.3. The van der Waals surface area contributed by atoms with Crippen molar-refractivity contribution in [1.82, 2.24) is 9.88 Å². The zero-order chi connectivity index (χ0) is 31.6. The molecule has 244 valence electrons. The SMILES string of the molecule is CC=C1C[NH+]2C=Cc3c([nH]c4ccccc34)C2CC1C(C(=O)OC)C1OCC2C3CC4N(CCC45c4ccccc4N1C25)CC3CC. The third-order valence-corrected chi connectivity index (χ3v) is 14.1. The Labute approximate surface area is 277 Å². The summed E-state index contributed by atoms with van der Waals surface area (Å²) in [4.78, 5) is 25.0. The van der Waals surface area contributed by atoms with E-state index in [9.17, 15) is 4.79 Å². The highest BCUT2D eigenvalue weighted by molar-refractivity contribution is 5.91. The normalized spacial score (nSPS) is 39.3. The van der Waals surface area contributed by atoms with E-state index in [1.165, 1.54) is 76.2 Å². The molecule has 7 aliphatic rings. The van der Waals surface area contributed by atoms with Crippen LogP contribution in [0.15, 0.2) is 66.4 Å². The average Bonchev–Trinajstić information content (AvgIpc) is 3.80. The number of carbonyl (C=O) groups excluding carboxylic acids is 1. The summed E-state index contributed by atoms with van der Waals surface area (Å²) >= 11 is 0. The van der Waals surface area contributed by atoms with Gasteiger partial charge in [0.25, 0.3) is 0 Å². The number of H-pyrrole nitrogens is 1. The zero-order valence-electron chi connectivity index (χ0n) is 27.8. The van der Waals surface area contributed by atoms with E-state index in [2.05, 4.69) is 95.5 Å². The number of rotatable bonds is 4. The van der Waals surface area contributed by atoms with Gasteiger partial charge in [0.2, 0.25) is 0 Å². The molecular weight excluding hydrogens is 584 g/mol. The highest BCUT2D eigenvalue weighted by Crippen LogP contribution is 2.65. The summed E-state index contributed by atoms with van der Waals surface area (Å²) in [7, 11) is 1.57. The molecule has 0 radical (unpaired) electrons. The number of fused-ring (bicyclic) bond motifs is 9. The van der Waals surface area contributed by atoms with Crippen molar-refractivity contribution >= 4 is 28.6 Å². The molecular formula is C40H47N4O3+. The average molecular weight is 632 g/mol. The first-order chi connectivity index (χ1) is 23.1. The molecule has 11 unspecified atom stereocenters. The molecule has 2 bridgehead atoms. The van der Waals surface area contributed by atoms with E-state index >= 15 is 0 Å². The molecule has 6 aliphatic heterocycles. The molecule has 11 atom stereocenters. The highest BCUT2D eigenvalue weighted by atomic mass is 16.5. The lowest BCUT2D eigenvalue weighted by molar-refractivity contribution is -0.882. The molecule has 7 heteroatoms. The Kier molecular flexibility index (Phi) is 6.27. The summed E-state index contributed by atoms with van der Waals surface area (Å²) in [6.45, 7) is 8.55. The summed E-state index contributed by atoms with van der Waals surface area (Å²) in [6, 6.07) is 19.0. The van der Waals surface area contributed by atoms with Gasteiger partial charge in [-0.3, -0.25) is 14.6 Å². The second-order valence-corrected chi connectivity index (χ2v) is 15.5. The second-order valence-electron chi connectivity index (χ2n) is 15.5. The molecule has 2 N–H and O–H groups in total. The van der Waals surface area contributed by atoms with E-state index in [1.807, 2.05) is 0 Å². The summed E-state index contributed by atoms with van der Waals surface area (Å²) in [5.74, 6) is 1.31.